The Bertz CT molecular complexity index is 825. The fourth-order valence-electron chi connectivity index (χ4n) is 2.84. The van der Waals surface area contributed by atoms with E-state index in [0.29, 0.717) is 53.4 Å². The second kappa shape index (κ2) is 11.2. The molecular weight excluding hydrogens is 386 g/mol. The summed E-state index contributed by atoms with van der Waals surface area (Å²) in [5.41, 5.74) is 1.30. The Hall–Kier alpha value is -3.09. The van der Waals surface area contributed by atoms with Crippen LogP contribution in [0.4, 0.5) is 0 Å². The highest BCUT2D eigenvalue weighted by Crippen LogP contribution is 2.38. The molecule has 0 aliphatic heterocycles. The Morgan fingerprint density at radius 3 is 2.03 bits per heavy atom. The van der Waals surface area contributed by atoms with Crippen molar-refractivity contribution in [3.63, 3.8) is 0 Å². The third kappa shape index (κ3) is 5.95. The molecule has 164 valence electrons. The Morgan fingerprint density at radius 1 is 0.867 bits per heavy atom. The first-order chi connectivity index (χ1) is 14.4. The summed E-state index contributed by atoms with van der Waals surface area (Å²) in [6, 6.07) is 8.86. The number of hydrogen-bond donors (Lipinski definition) is 1. The maximum Gasteiger partial charge on any atom is 0.251 e. The van der Waals surface area contributed by atoms with Crippen LogP contribution in [-0.4, -0.2) is 41.0 Å². The van der Waals surface area contributed by atoms with Crippen molar-refractivity contribution < 1.29 is 28.5 Å². The average molecular weight is 418 g/mol. The molecule has 0 unspecified atom stereocenters. The zero-order chi connectivity index (χ0) is 22.1. The number of hydrogen-bond acceptors (Lipinski definition) is 6. The zero-order valence-corrected chi connectivity index (χ0v) is 18.5. The molecule has 7 heteroatoms. The van der Waals surface area contributed by atoms with Crippen LogP contribution in [0.25, 0.3) is 0 Å². The van der Waals surface area contributed by atoms with Gasteiger partial charge in [0.2, 0.25) is 5.75 Å². The summed E-state index contributed by atoms with van der Waals surface area (Å²) in [6.45, 7) is 5.27. The quantitative estimate of drug-likeness (QED) is 0.594. The Labute approximate surface area is 178 Å². The van der Waals surface area contributed by atoms with Gasteiger partial charge >= 0.3 is 0 Å². The van der Waals surface area contributed by atoms with Crippen molar-refractivity contribution in [2.24, 2.45) is 5.92 Å². The molecule has 0 aliphatic rings. The van der Waals surface area contributed by atoms with Gasteiger partial charge in [-0.25, -0.2) is 0 Å². The molecule has 2 rings (SSSR count). The van der Waals surface area contributed by atoms with Gasteiger partial charge in [0.1, 0.15) is 0 Å². The van der Waals surface area contributed by atoms with E-state index in [1.165, 1.54) is 21.3 Å². The summed E-state index contributed by atoms with van der Waals surface area (Å²) in [4.78, 5) is 12.7. The van der Waals surface area contributed by atoms with Gasteiger partial charge in [-0.3, -0.25) is 4.79 Å². The van der Waals surface area contributed by atoms with E-state index in [1.54, 1.807) is 19.2 Å². The summed E-state index contributed by atoms with van der Waals surface area (Å²) in [5, 5.41) is 2.90. The lowest BCUT2D eigenvalue weighted by atomic mass is 10.1. The number of ether oxygens (including phenoxy) is 5. The highest BCUT2D eigenvalue weighted by Gasteiger charge is 2.17. The van der Waals surface area contributed by atoms with Gasteiger partial charge in [-0.15, -0.1) is 0 Å². The van der Waals surface area contributed by atoms with Gasteiger partial charge in [-0.05, 0) is 42.2 Å². The third-order valence-electron chi connectivity index (χ3n) is 4.56. The number of rotatable bonds is 11. The van der Waals surface area contributed by atoms with Crippen LogP contribution in [0.3, 0.4) is 0 Å². The van der Waals surface area contributed by atoms with E-state index in [1.807, 2.05) is 18.2 Å². The van der Waals surface area contributed by atoms with Crippen molar-refractivity contribution in [3.05, 3.63) is 41.5 Å². The fourth-order valence-corrected chi connectivity index (χ4v) is 2.84. The van der Waals surface area contributed by atoms with Crippen molar-refractivity contribution in [3.8, 4) is 28.7 Å². The van der Waals surface area contributed by atoms with Gasteiger partial charge in [0.25, 0.3) is 5.91 Å². The third-order valence-corrected chi connectivity index (χ3v) is 4.56. The van der Waals surface area contributed by atoms with Crippen LogP contribution < -0.4 is 29.0 Å². The Balaban J connectivity index is 2.08. The number of benzene rings is 2. The van der Waals surface area contributed by atoms with Crippen LogP contribution >= 0.6 is 0 Å². The summed E-state index contributed by atoms with van der Waals surface area (Å²) < 4.78 is 27.2. The lowest BCUT2D eigenvalue weighted by Gasteiger charge is -2.15. The summed E-state index contributed by atoms with van der Waals surface area (Å²) >= 11 is 0. The van der Waals surface area contributed by atoms with Crippen molar-refractivity contribution in [1.29, 1.82) is 0 Å². The van der Waals surface area contributed by atoms with Crippen LogP contribution in [-0.2, 0) is 6.54 Å². The summed E-state index contributed by atoms with van der Waals surface area (Å²) in [7, 11) is 6.14. The minimum atomic E-state index is -0.259. The van der Waals surface area contributed by atoms with Gasteiger partial charge < -0.3 is 29.0 Å². The lowest BCUT2D eigenvalue weighted by molar-refractivity contribution is 0.0950. The van der Waals surface area contributed by atoms with E-state index >= 15 is 0 Å². The number of nitrogens with one attached hydrogen (secondary N) is 1. The van der Waals surface area contributed by atoms with Gasteiger partial charge in [0.15, 0.2) is 23.0 Å². The Morgan fingerprint density at radius 2 is 1.50 bits per heavy atom. The summed E-state index contributed by atoms with van der Waals surface area (Å²) in [6.07, 6.45) is 0.968. The van der Waals surface area contributed by atoms with E-state index in [2.05, 4.69) is 19.2 Å². The second-order valence-electron chi connectivity index (χ2n) is 7.11. The normalized spacial score (nSPS) is 10.5. The van der Waals surface area contributed by atoms with E-state index in [-0.39, 0.29) is 5.91 Å². The number of methoxy groups -OCH3 is 4. The fraction of sp³-hybridized carbons (Fsp3) is 0.435. The van der Waals surface area contributed by atoms with Crippen LogP contribution in [0, 0.1) is 5.92 Å². The van der Waals surface area contributed by atoms with E-state index in [0.717, 1.165) is 12.0 Å². The average Bonchev–Trinajstić information content (AvgIpc) is 2.76. The van der Waals surface area contributed by atoms with E-state index < -0.39 is 0 Å². The van der Waals surface area contributed by atoms with Gasteiger partial charge in [0.05, 0.1) is 35.0 Å². The number of carbonyl (C=O) groups is 1. The molecule has 1 N–H and O–H groups in total. The monoisotopic (exact) mass is 417 g/mol. The molecule has 0 atom stereocenters. The molecule has 2 aromatic carbocycles. The molecule has 0 aromatic heterocycles. The highest BCUT2D eigenvalue weighted by atomic mass is 16.5. The van der Waals surface area contributed by atoms with Crippen molar-refractivity contribution >= 4 is 5.91 Å². The van der Waals surface area contributed by atoms with Crippen molar-refractivity contribution in [2.75, 3.05) is 35.0 Å². The van der Waals surface area contributed by atoms with E-state index in [9.17, 15) is 4.79 Å². The standard InChI is InChI=1S/C23H31NO6/c1-15(2)9-10-30-18-8-7-16(11-19(18)26-3)14-24-23(25)17-12-20(27-4)22(29-6)21(13-17)28-5/h7-8,11-13,15H,9-10,14H2,1-6H3,(H,24,25). The molecule has 0 aliphatic carbocycles. The first kappa shape index (κ1) is 23.2. The van der Waals surface area contributed by atoms with Crippen LogP contribution in [0.15, 0.2) is 30.3 Å². The maximum atomic E-state index is 12.7. The lowest BCUT2D eigenvalue weighted by Crippen LogP contribution is -2.23. The number of carbonyl (C=O) groups excluding carboxylic acids is 1. The first-order valence-corrected chi connectivity index (χ1v) is 9.81. The van der Waals surface area contributed by atoms with Gasteiger partial charge in [-0.2, -0.15) is 0 Å². The SMILES string of the molecule is COc1cc(CNC(=O)c2cc(OC)c(OC)c(OC)c2)ccc1OCCC(C)C. The van der Waals surface area contributed by atoms with Crippen molar-refractivity contribution in [2.45, 2.75) is 26.8 Å². The molecule has 2 aromatic rings. The largest absolute Gasteiger partial charge is 0.493 e. The molecule has 0 saturated heterocycles. The molecule has 30 heavy (non-hydrogen) atoms. The minimum Gasteiger partial charge on any atom is -0.493 e. The number of amides is 1. The second-order valence-corrected chi connectivity index (χ2v) is 7.11. The van der Waals surface area contributed by atoms with Gasteiger partial charge in [-0.1, -0.05) is 19.9 Å². The zero-order valence-electron chi connectivity index (χ0n) is 18.5. The van der Waals surface area contributed by atoms with E-state index in [4.69, 9.17) is 23.7 Å². The smallest absolute Gasteiger partial charge is 0.251 e. The maximum absolute atomic E-state index is 12.7. The molecule has 0 heterocycles. The van der Waals surface area contributed by atoms with Crippen LogP contribution in [0.1, 0.15) is 36.2 Å². The molecular formula is C23H31NO6. The van der Waals surface area contributed by atoms with Crippen LogP contribution in [0.5, 0.6) is 28.7 Å². The summed E-state index contributed by atoms with van der Waals surface area (Å²) in [5.74, 6) is 2.93. The molecule has 0 spiro atoms. The molecule has 0 bridgehead atoms. The molecule has 0 radical (unpaired) electrons. The predicted octanol–water partition coefficient (Wildman–Crippen LogP) is 4.08. The van der Waals surface area contributed by atoms with Gasteiger partial charge in [0, 0.05) is 12.1 Å². The molecule has 0 saturated carbocycles. The minimum absolute atomic E-state index is 0.259. The topological polar surface area (TPSA) is 75.3 Å². The first-order valence-electron chi connectivity index (χ1n) is 9.81. The highest BCUT2D eigenvalue weighted by molar-refractivity contribution is 5.95. The molecule has 7 nitrogen and oxygen atoms in total. The predicted molar refractivity (Wildman–Crippen MR) is 115 cm³/mol. The Kier molecular flexibility index (Phi) is 8.65. The molecule has 1 amide bonds. The molecule has 0 fully saturated rings. The van der Waals surface area contributed by atoms with Crippen LogP contribution in [0.2, 0.25) is 0 Å². The van der Waals surface area contributed by atoms with Crippen molar-refractivity contribution in [1.82, 2.24) is 5.32 Å².